The van der Waals surface area contributed by atoms with Gasteiger partial charge >= 0.3 is 0 Å². The van der Waals surface area contributed by atoms with E-state index in [1.165, 1.54) is 77.4 Å². The first-order valence-electron chi connectivity index (χ1n) is 8.80. The van der Waals surface area contributed by atoms with E-state index in [1.54, 1.807) is 0 Å². The molecule has 1 heterocycles. The summed E-state index contributed by atoms with van der Waals surface area (Å²) < 4.78 is 0. The topological polar surface area (TPSA) is 15.3 Å². The smallest absolute Gasteiger partial charge is 0.00954 e. The molecule has 19 heavy (non-hydrogen) atoms. The van der Waals surface area contributed by atoms with Crippen molar-refractivity contribution in [1.29, 1.82) is 0 Å². The zero-order valence-electron chi connectivity index (χ0n) is 13.2. The SMILES string of the molecule is CCCC1CCC(N2CCCNC(CC)CC2)CC1. The molecule has 0 aromatic heterocycles. The minimum atomic E-state index is 0.763. The molecule has 2 fully saturated rings. The fourth-order valence-corrected chi connectivity index (χ4v) is 4.04. The molecular weight excluding hydrogens is 232 g/mol. The van der Waals surface area contributed by atoms with Gasteiger partial charge in [-0.25, -0.2) is 0 Å². The maximum Gasteiger partial charge on any atom is 0.00954 e. The lowest BCUT2D eigenvalue weighted by Gasteiger charge is -2.39. The van der Waals surface area contributed by atoms with Gasteiger partial charge in [-0.2, -0.15) is 0 Å². The molecule has 2 nitrogen and oxygen atoms in total. The molecule has 112 valence electrons. The molecule has 1 aliphatic heterocycles. The standard InChI is InChI=1S/C17H34N2/c1-3-6-15-7-9-17(10-8-15)19-13-5-12-18-16(4-2)11-14-19/h15-18H,3-14H2,1-2H3. The van der Waals surface area contributed by atoms with E-state index in [4.69, 9.17) is 0 Å². The van der Waals surface area contributed by atoms with Crippen LogP contribution in [-0.4, -0.2) is 36.6 Å². The summed E-state index contributed by atoms with van der Waals surface area (Å²) in [6, 6.07) is 1.67. The highest BCUT2D eigenvalue weighted by Crippen LogP contribution is 2.30. The third kappa shape index (κ3) is 4.75. The van der Waals surface area contributed by atoms with Crippen molar-refractivity contribution < 1.29 is 0 Å². The fraction of sp³-hybridized carbons (Fsp3) is 1.00. The van der Waals surface area contributed by atoms with Gasteiger partial charge in [0, 0.05) is 12.1 Å². The summed E-state index contributed by atoms with van der Waals surface area (Å²) in [5.41, 5.74) is 0. The van der Waals surface area contributed by atoms with E-state index in [-0.39, 0.29) is 0 Å². The van der Waals surface area contributed by atoms with Gasteiger partial charge in [0.15, 0.2) is 0 Å². The molecule has 2 aliphatic rings. The quantitative estimate of drug-likeness (QED) is 0.832. The largest absolute Gasteiger partial charge is 0.314 e. The molecule has 1 saturated heterocycles. The van der Waals surface area contributed by atoms with Crippen molar-refractivity contribution in [2.45, 2.75) is 83.7 Å². The number of hydrogen-bond donors (Lipinski definition) is 1. The Bertz CT molecular complexity index is 233. The van der Waals surface area contributed by atoms with Crippen LogP contribution in [0.25, 0.3) is 0 Å². The molecule has 0 spiro atoms. The van der Waals surface area contributed by atoms with Gasteiger partial charge in [-0.15, -0.1) is 0 Å². The molecule has 1 N–H and O–H groups in total. The number of hydrogen-bond acceptors (Lipinski definition) is 2. The molecule has 2 heteroatoms. The van der Waals surface area contributed by atoms with Crippen LogP contribution in [0.1, 0.15) is 71.6 Å². The lowest BCUT2D eigenvalue weighted by Crippen LogP contribution is -2.45. The zero-order valence-corrected chi connectivity index (χ0v) is 13.2. The van der Waals surface area contributed by atoms with Crippen molar-refractivity contribution in [3.05, 3.63) is 0 Å². The highest BCUT2D eigenvalue weighted by atomic mass is 15.2. The van der Waals surface area contributed by atoms with Gasteiger partial charge in [0.05, 0.1) is 0 Å². The summed E-state index contributed by atoms with van der Waals surface area (Å²) in [7, 11) is 0. The fourth-order valence-electron chi connectivity index (χ4n) is 4.04. The van der Waals surface area contributed by atoms with Crippen LogP contribution >= 0.6 is 0 Å². The summed E-state index contributed by atoms with van der Waals surface area (Å²) in [4.78, 5) is 2.83. The Morgan fingerprint density at radius 1 is 1.00 bits per heavy atom. The monoisotopic (exact) mass is 266 g/mol. The molecule has 0 amide bonds. The average molecular weight is 266 g/mol. The Balaban J connectivity index is 1.77. The van der Waals surface area contributed by atoms with Gasteiger partial charge in [-0.05, 0) is 70.5 Å². The molecule has 1 saturated carbocycles. The Morgan fingerprint density at radius 3 is 2.47 bits per heavy atom. The van der Waals surface area contributed by atoms with Gasteiger partial charge in [-0.1, -0.05) is 26.7 Å². The number of nitrogens with one attached hydrogen (secondary N) is 1. The van der Waals surface area contributed by atoms with Crippen LogP contribution in [0.3, 0.4) is 0 Å². The molecule has 0 aromatic rings. The molecule has 0 aromatic carbocycles. The van der Waals surface area contributed by atoms with Crippen molar-refractivity contribution in [3.63, 3.8) is 0 Å². The van der Waals surface area contributed by atoms with Crippen LogP contribution in [0.15, 0.2) is 0 Å². The van der Waals surface area contributed by atoms with Gasteiger partial charge in [-0.3, -0.25) is 0 Å². The molecule has 2 rings (SSSR count). The van der Waals surface area contributed by atoms with Crippen LogP contribution in [0.4, 0.5) is 0 Å². The van der Waals surface area contributed by atoms with Gasteiger partial charge < -0.3 is 10.2 Å². The van der Waals surface area contributed by atoms with Crippen molar-refractivity contribution in [1.82, 2.24) is 10.2 Å². The van der Waals surface area contributed by atoms with Crippen molar-refractivity contribution in [2.24, 2.45) is 5.92 Å². The van der Waals surface area contributed by atoms with E-state index >= 15 is 0 Å². The van der Waals surface area contributed by atoms with E-state index in [9.17, 15) is 0 Å². The van der Waals surface area contributed by atoms with E-state index in [0.29, 0.717) is 0 Å². The summed E-state index contributed by atoms with van der Waals surface area (Å²) in [5, 5.41) is 3.69. The Morgan fingerprint density at radius 2 is 1.79 bits per heavy atom. The molecule has 1 atom stereocenters. The summed E-state index contributed by atoms with van der Waals surface area (Å²) in [6.07, 6.45) is 12.7. The Labute approximate surface area is 120 Å². The van der Waals surface area contributed by atoms with E-state index in [1.807, 2.05) is 0 Å². The lowest BCUT2D eigenvalue weighted by molar-refractivity contribution is 0.119. The Kier molecular flexibility index (Phi) is 6.66. The van der Waals surface area contributed by atoms with Gasteiger partial charge in [0.1, 0.15) is 0 Å². The second-order valence-corrected chi connectivity index (χ2v) is 6.70. The molecule has 0 radical (unpaired) electrons. The highest BCUT2D eigenvalue weighted by Gasteiger charge is 2.26. The minimum absolute atomic E-state index is 0.763. The van der Waals surface area contributed by atoms with Crippen LogP contribution < -0.4 is 5.32 Å². The zero-order chi connectivity index (χ0) is 13.5. The minimum Gasteiger partial charge on any atom is -0.314 e. The summed E-state index contributed by atoms with van der Waals surface area (Å²) in [5.74, 6) is 1.04. The van der Waals surface area contributed by atoms with E-state index < -0.39 is 0 Å². The third-order valence-corrected chi connectivity index (χ3v) is 5.34. The number of rotatable bonds is 4. The predicted molar refractivity (Wildman–Crippen MR) is 83.5 cm³/mol. The maximum atomic E-state index is 3.69. The first-order valence-corrected chi connectivity index (χ1v) is 8.80. The molecular formula is C17H34N2. The number of nitrogens with zero attached hydrogens (tertiary/aromatic N) is 1. The normalized spacial score (nSPS) is 34.7. The lowest BCUT2D eigenvalue weighted by atomic mass is 9.82. The van der Waals surface area contributed by atoms with E-state index in [0.717, 1.165) is 18.0 Å². The van der Waals surface area contributed by atoms with Crippen LogP contribution in [0, 0.1) is 5.92 Å². The maximum absolute atomic E-state index is 3.69. The average Bonchev–Trinajstić information content (AvgIpc) is 2.41. The van der Waals surface area contributed by atoms with Crippen molar-refractivity contribution in [3.8, 4) is 0 Å². The van der Waals surface area contributed by atoms with Crippen molar-refractivity contribution >= 4 is 0 Å². The molecule has 0 bridgehead atoms. The first-order chi connectivity index (χ1) is 9.33. The highest BCUT2D eigenvalue weighted by molar-refractivity contribution is 4.82. The summed E-state index contributed by atoms with van der Waals surface area (Å²) >= 11 is 0. The predicted octanol–water partition coefficient (Wildman–Crippen LogP) is 3.81. The third-order valence-electron chi connectivity index (χ3n) is 5.34. The van der Waals surface area contributed by atoms with Crippen LogP contribution in [0.2, 0.25) is 0 Å². The van der Waals surface area contributed by atoms with Gasteiger partial charge in [0.25, 0.3) is 0 Å². The van der Waals surface area contributed by atoms with Crippen LogP contribution in [0.5, 0.6) is 0 Å². The Hall–Kier alpha value is -0.0800. The molecule has 1 unspecified atom stereocenters. The van der Waals surface area contributed by atoms with Gasteiger partial charge in [0.2, 0.25) is 0 Å². The van der Waals surface area contributed by atoms with Crippen molar-refractivity contribution in [2.75, 3.05) is 19.6 Å². The second-order valence-electron chi connectivity index (χ2n) is 6.70. The first kappa shape index (κ1) is 15.3. The second kappa shape index (κ2) is 8.26. The van der Waals surface area contributed by atoms with E-state index in [2.05, 4.69) is 24.1 Å². The van der Waals surface area contributed by atoms with Crippen LogP contribution in [-0.2, 0) is 0 Å². The summed E-state index contributed by atoms with van der Waals surface area (Å²) in [6.45, 7) is 8.53. The molecule has 1 aliphatic carbocycles.